The third-order valence-electron chi connectivity index (χ3n) is 2.17. The van der Waals surface area contributed by atoms with E-state index in [1.54, 1.807) is 24.3 Å². The van der Waals surface area contributed by atoms with E-state index in [4.69, 9.17) is 0 Å². The van der Waals surface area contributed by atoms with E-state index in [-0.39, 0.29) is 0 Å². The van der Waals surface area contributed by atoms with Gasteiger partial charge in [-0.05, 0) is 36.1 Å². The molecule has 0 aliphatic rings. The van der Waals surface area contributed by atoms with Crippen LogP contribution in [0.4, 0.5) is 0 Å². The van der Waals surface area contributed by atoms with Crippen LogP contribution < -0.4 is 0 Å². The molecule has 2 nitrogen and oxygen atoms in total. The van der Waals surface area contributed by atoms with Crippen LogP contribution in [0.2, 0.25) is 0 Å². The monoisotopic (exact) mass is 228 g/mol. The lowest BCUT2D eigenvalue weighted by Crippen LogP contribution is -1.80. The van der Waals surface area contributed by atoms with Crippen molar-refractivity contribution in [1.29, 1.82) is 0 Å². The van der Waals surface area contributed by atoms with Crippen LogP contribution >= 0.6 is 11.8 Å². The summed E-state index contributed by atoms with van der Waals surface area (Å²) in [5.74, 6) is 0. The summed E-state index contributed by atoms with van der Waals surface area (Å²) in [6.45, 7) is 0. The minimum absolute atomic E-state index is 0.920. The van der Waals surface area contributed by atoms with Crippen molar-refractivity contribution in [2.45, 2.75) is 4.90 Å². The van der Waals surface area contributed by atoms with Gasteiger partial charge in [0, 0.05) is 11.1 Å². The summed E-state index contributed by atoms with van der Waals surface area (Å²) < 4.78 is 0. The summed E-state index contributed by atoms with van der Waals surface area (Å²) in [4.78, 5) is 9.28. The van der Waals surface area contributed by atoms with E-state index in [2.05, 4.69) is 40.5 Å². The van der Waals surface area contributed by atoms with Crippen LogP contribution in [0, 0.1) is 0 Å². The van der Waals surface area contributed by atoms with Crippen LogP contribution in [0.1, 0.15) is 11.3 Å². The average molecular weight is 228 g/mol. The Morgan fingerprint density at radius 3 is 2.50 bits per heavy atom. The number of hydrogen-bond acceptors (Lipinski definition) is 3. The van der Waals surface area contributed by atoms with Crippen molar-refractivity contribution in [2.24, 2.45) is 0 Å². The van der Waals surface area contributed by atoms with Crippen LogP contribution in [0.5, 0.6) is 0 Å². The minimum atomic E-state index is 0.920. The molecular weight excluding hydrogens is 216 g/mol. The van der Waals surface area contributed by atoms with Gasteiger partial charge in [-0.15, -0.1) is 11.8 Å². The van der Waals surface area contributed by atoms with Crippen LogP contribution in [-0.2, 0) is 0 Å². The second-order valence-electron chi connectivity index (χ2n) is 3.24. The van der Waals surface area contributed by atoms with E-state index >= 15 is 0 Å². The van der Waals surface area contributed by atoms with Crippen LogP contribution in [0.25, 0.3) is 12.2 Å². The molecule has 0 saturated heterocycles. The molecule has 0 saturated carbocycles. The smallest absolute Gasteiger partial charge is 0.115 e. The molecule has 3 heteroatoms. The van der Waals surface area contributed by atoms with E-state index in [9.17, 15) is 0 Å². The fourth-order valence-corrected chi connectivity index (χ4v) is 1.70. The molecule has 0 spiro atoms. The number of hydrogen-bond donors (Lipinski definition) is 0. The van der Waals surface area contributed by atoms with Gasteiger partial charge in [0.25, 0.3) is 0 Å². The van der Waals surface area contributed by atoms with Crippen molar-refractivity contribution in [3.05, 3.63) is 54.1 Å². The second-order valence-corrected chi connectivity index (χ2v) is 4.12. The lowest BCUT2D eigenvalue weighted by Gasteiger charge is -1.96. The van der Waals surface area contributed by atoms with Gasteiger partial charge in [0.15, 0.2) is 0 Å². The molecule has 2 rings (SSSR count). The predicted molar refractivity (Wildman–Crippen MR) is 69.2 cm³/mol. The zero-order chi connectivity index (χ0) is 11.2. The normalized spacial score (nSPS) is 10.8. The first kappa shape index (κ1) is 10.9. The molecule has 80 valence electrons. The Bertz CT molecular complexity index is 463. The fraction of sp³-hybridized carbons (Fsp3) is 0.0769. The zero-order valence-electron chi connectivity index (χ0n) is 9.00. The van der Waals surface area contributed by atoms with E-state index in [0.29, 0.717) is 0 Å². The van der Waals surface area contributed by atoms with Crippen molar-refractivity contribution in [1.82, 2.24) is 9.97 Å². The Balaban J connectivity index is 2.12. The first-order chi connectivity index (χ1) is 7.88. The molecule has 0 N–H and O–H groups in total. The summed E-state index contributed by atoms with van der Waals surface area (Å²) in [5, 5.41) is 0. The highest BCUT2D eigenvalue weighted by Crippen LogP contribution is 2.15. The van der Waals surface area contributed by atoms with Crippen molar-refractivity contribution in [3.8, 4) is 0 Å². The van der Waals surface area contributed by atoms with Gasteiger partial charge in [0.05, 0.1) is 5.69 Å². The minimum Gasteiger partial charge on any atom is -0.245 e. The van der Waals surface area contributed by atoms with Gasteiger partial charge in [0.1, 0.15) is 6.33 Å². The first-order valence-corrected chi connectivity index (χ1v) is 6.19. The molecule has 0 radical (unpaired) electrons. The third kappa shape index (κ3) is 2.94. The van der Waals surface area contributed by atoms with Gasteiger partial charge in [-0.3, -0.25) is 0 Å². The topological polar surface area (TPSA) is 25.8 Å². The maximum atomic E-state index is 4.13. The molecule has 0 aliphatic heterocycles. The Morgan fingerprint density at radius 1 is 1.06 bits per heavy atom. The highest BCUT2D eigenvalue weighted by atomic mass is 32.2. The SMILES string of the molecule is CSc1ccc(/C=C/c2ccncn2)cc1. The molecule has 1 heterocycles. The molecule has 0 aliphatic carbocycles. The molecule has 0 bridgehead atoms. The van der Waals surface area contributed by atoms with Crippen LogP contribution in [0.15, 0.2) is 47.8 Å². The molecule has 16 heavy (non-hydrogen) atoms. The molecular formula is C13H12N2S. The maximum absolute atomic E-state index is 4.13. The summed E-state index contributed by atoms with van der Waals surface area (Å²) in [6.07, 6.45) is 9.40. The summed E-state index contributed by atoms with van der Waals surface area (Å²) in [7, 11) is 0. The Kier molecular flexibility index (Phi) is 3.72. The fourth-order valence-electron chi connectivity index (χ4n) is 1.30. The predicted octanol–water partition coefficient (Wildman–Crippen LogP) is 3.37. The third-order valence-corrected chi connectivity index (χ3v) is 2.91. The van der Waals surface area contributed by atoms with Gasteiger partial charge < -0.3 is 0 Å². The lowest BCUT2D eigenvalue weighted by atomic mass is 10.2. The van der Waals surface area contributed by atoms with E-state index in [0.717, 1.165) is 5.69 Å². The average Bonchev–Trinajstić information content (AvgIpc) is 2.38. The molecule has 2 aromatic rings. The van der Waals surface area contributed by atoms with Gasteiger partial charge in [-0.25, -0.2) is 9.97 Å². The van der Waals surface area contributed by atoms with Gasteiger partial charge in [-0.1, -0.05) is 18.2 Å². The van der Waals surface area contributed by atoms with Crippen molar-refractivity contribution < 1.29 is 0 Å². The lowest BCUT2D eigenvalue weighted by molar-refractivity contribution is 1.15. The number of aromatic nitrogens is 2. The van der Waals surface area contributed by atoms with Crippen molar-refractivity contribution in [2.75, 3.05) is 6.26 Å². The summed E-state index contributed by atoms with van der Waals surface area (Å²) in [5.41, 5.74) is 2.10. The Morgan fingerprint density at radius 2 is 1.88 bits per heavy atom. The molecule has 0 unspecified atom stereocenters. The highest BCUT2D eigenvalue weighted by molar-refractivity contribution is 7.98. The largest absolute Gasteiger partial charge is 0.245 e. The Hall–Kier alpha value is -1.61. The van der Waals surface area contributed by atoms with Crippen LogP contribution in [0.3, 0.4) is 0 Å². The maximum Gasteiger partial charge on any atom is 0.115 e. The van der Waals surface area contributed by atoms with Gasteiger partial charge >= 0.3 is 0 Å². The summed E-state index contributed by atoms with van der Waals surface area (Å²) >= 11 is 1.75. The molecule has 1 aromatic carbocycles. The van der Waals surface area contributed by atoms with Crippen molar-refractivity contribution in [3.63, 3.8) is 0 Å². The molecule has 0 atom stereocenters. The number of benzene rings is 1. The van der Waals surface area contributed by atoms with Crippen LogP contribution in [-0.4, -0.2) is 16.2 Å². The number of nitrogens with zero attached hydrogens (tertiary/aromatic N) is 2. The van der Waals surface area contributed by atoms with Gasteiger partial charge in [0.2, 0.25) is 0 Å². The van der Waals surface area contributed by atoms with Crippen molar-refractivity contribution >= 4 is 23.9 Å². The number of thioether (sulfide) groups is 1. The van der Waals surface area contributed by atoms with E-state index < -0.39 is 0 Å². The highest BCUT2D eigenvalue weighted by Gasteiger charge is 1.90. The summed E-state index contributed by atoms with van der Waals surface area (Å²) in [6, 6.07) is 10.3. The standard InChI is InChI=1S/C13H12N2S/c1-16-13-6-3-11(4-7-13)2-5-12-8-9-14-10-15-12/h2-10H,1H3/b5-2+. The van der Waals surface area contributed by atoms with E-state index in [1.807, 2.05) is 18.2 Å². The molecule has 0 amide bonds. The second kappa shape index (κ2) is 5.47. The number of rotatable bonds is 3. The zero-order valence-corrected chi connectivity index (χ0v) is 9.82. The quantitative estimate of drug-likeness (QED) is 0.753. The van der Waals surface area contributed by atoms with E-state index in [1.165, 1.54) is 10.5 Å². The molecule has 1 aromatic heterocycles. The van der Waals surface area contributed by atoms with Gasteiger partial charge in [-0.2, -0.15) is 0 Å². The Labute approximate surface area is 99.5 Å². The first-order valence-electron chi connectivity index (χ1n) is 4.96. The molecule has 0 fully saturated rings.